The van der Waals surface area contributed by atoms with Crippen molar-refractivity contribution in [1.82, 2.24) is 0 Å². The number of hydrogen-bond donors (Lipinski definition) is 1. The fourth-order valence-electron chi connectivity index (χ4n) is 1.54. The molecule has 2 aromatic carbocycles. The first-order valence-electron chi connectivity index (χ1n) is 5.51. The summed E-state index contributed by atoms with van der Waals surface area (Å²) in [5, 5.41) is 9.06. The van der Waals surface area contributed by atoms with Crippen LogP contribution < -0.4 is 4.72 Å². The fourth-order valence-corrected chi connectivity index (χ4v) is 4.06. The van der Waals surface area contributed by atoms with Gasteiger partial charge < -0.3 is 0 Å². The molecule has 8 heteroatoms. The molecule has 0 spiro atoms. The van der Waals surface area contributed by atoms with E-state index in [0.717, 1.165) is 0 Å². The summed E-state index contributed by atoms with van der Waals surface area (Å²) in [6, 6.07) is 10.5. The molecule has 0 aliphatic carbocycles. The topological polar surface area (TPSA) is 70.0 Å². The summed E-state index contributed by atoms with van der Waals surface area (Å²) in [6.45, 7) is 0. The Labute approximate surface area is 140 Å². The summed E-state index contributed by atoms with van der Waals surface area (Å²) in [5.74, 6) is 0. The number of nitrogens with one attached hydrogen (secondary N) is 1. The summed E-state index contributed by atoms with van der Waals surface area (Å²) in [5.41, 5.74) is 0.472. The van der Waals surface area contributed by atoms with Crippen LogP contribution in [0.2, 0.25) is 10.0 Å². The third-order valence-electron chi connectivity index (χ3n) is 2.54. The number of rotatable bonds is 3. The lowest BCUT2D eigenvalue weighted by Gasteiger charge is -2.11. The van der Waals surface area contributed by atoms with Crippen LogP contribution in [0.25, 0.3) is 0 Å². The van der Waals surface area contributed by atoms with E-state index in [-0.39, 0.29) is 20.6 Å². The first-order chi connectivity index (χ1) is 9.83. The van der Waals surface area contributed by atoms with Gasteiger partial charge in [0.2, 0.25) is 0 Å². The molecule has 0 atom stereocenters. The molecule has 0 saturated heterocycles. The van der Waals surface area contributed by atoms with Crippen LogP contribution >= 0.6 is 39.1 Å². The number of anilines is 1. The zero-order chi connectivity index (χ0) is 15.6. The number of sulfonamides is 1. The Kier molecular flexibility index (Phi) is 4.79. The second-order valence-electron chi connectivity index (χ2n) is 3.99. The van der Waals surface area contributed by atoms with Gasteiger partial charge in [-0.3, -0.25) is 4.72 Å². The maximum absolute atomic E-state index is 12.3. The summed E-state index contributed by atoms with van der Waals surface area (Å²) < 4.78 is 27.5. The number of nitrogens with zero attached hydrogens (tertiary/aromatic N) is 1. The lowest BCUT2D eigenvalue weighted by atomic mass is 10.2. The van der Waals surface area contributed by atoms with Crippen LogP contribution in [0.15, 0.2) is 45.8 Å². The lowest BCUT2D eigenvalue weighted by molar-refractivity contribution is 0.601. The quantitative estimate of drug-likeness (QED) is 0.820. The van der Waals surface area contributed by atoms with E-state index in [4.69, 9.17) is 28.5 Å². The molecule has 21 heavy (non-hydrogen) atoms. The smallest absolute Gasteiger partial charge is 0.261 e. The highest BCUT2D eigenvalue weighted by molar-refractivity contribution is 9.10. The molecule has 2 aromatic rings. The molecule has 0 bridgehead atoms. The van der Waals surface area contributed by atoms with Crippen molar-refractivity contribution in [3.8, 4) is 6.07 Å². The molecule has 0 aliphatic heterocycles. The summed E-state index contributed by atoms with van der Waals surface area (Å²) in [7, 11) is -3.84. The van der Waals surface area contributed by atoms with Gasteiger partial charge in [0, 0.05) is 4.47 Å². The van der Waals surface area contributed by atoms with Crippen molar-refractivity contribution in [2.24, 2.45) is 0 Å². The number of nitriles is 1. The van der Waals surface area contributed by atoms with Gasteiger partial charge in [-0.1, -0.05) is 39.1 Å². The summed E-state index contributed by atoms with van der Waals surface area (Å²) in [4.78, 5) is 0.0107. The molecule has 0 saturated carbocycles. The van der Waals surface area contributed by atoms with Crippen molar-refractivity contribution < 1.29 is 8.42 Å². The van der Waals surface area contributed by atoms with Gasteiger partial charge >= 0.3 is 0 Å². The van der Waals surface area contributed by atoms with E-state index in [1.807, 2.05) is 6.07 Å². The SMILES string of the molecule is N#Cc1ccc(S(=O)(=O)Nc2c(Cl)cc(Br)cc2Cl)cc1. The van der Waals surface area contributed by atoms with Gasteiger partial charge in [-0.25, -0.2) is 8.42 Å². The van der Waals surface area contributed by atoms with E-state index in [1.165, 1.54) is 36.4 Å². The van der Waals surface area contributed by atoms with Crippen LogP contribution in [0.4, 0.5) is 5.69 Å². The Balaban J connectivity index is 2.40. The van der Waals surface area contributed by atoms with Gasteiger partial charge in [0.25, 0.3) is 10.0 Å². The average molecular weight is 406 g/mol. The molecule has 0 unspecified atom stereocenters. The van der Waals surface area contributed by atoms with Gasteiger partial charge in [-0.15, -0.1) is 0 Å². The molecule has 0 aliphatic rings. The Bertz CT molecular complexity index is 807. The Hall–Kier alpha value is -1.26. The number of benzene rings is 2. The first kappa shape index (κ1) is 16.1. The Morgan fingerprint density at radius 2 is 1.62 bits per heavy atom. The van der Waals surface area contributed by atoms with Gasteiger partial charge in [0.15, 0.2) is 0 Å². The van der Waals surface area contributed by atoms with E-state index < -0.39 is 10.0 Å². The highest BCUT2D eigenvalue weighted by Gasteiger charge is 2.18. The summed E-state index contributed by atoms with van der Waals surface area (Å²) in [6.07, 6.45) is 0. The van der Waals surface area contributed by atoms with Gasteiger partial charge in [-0.05, 0) is 36.4 Å². The van der Waals surface area contributed by atoms with Crippen LogP contribution in [0.3, 0.4) is 0 Å². The van der Waals surface area contributed by atoms with E-state index in [0.29, 0.717) is 10.0 Å². The second kappa shape index (κ2) is 6.24. The van der Waals surface area contributed by atoms with E-state index in [1.54, 1.807) is 0 Å². The first-order valence-corrected chi connectivity index (χ1v) is 8.54. The van der Waals surface area contributed by atoms with E-state index >= 15 is 0 Å². The van der Waals surface area contributed by atoms with E-state index in [9.17, 15) is 8.42 Å². The predicted molar refractivity (Wildman–Crippen MR) is 86.1 cm³/mol. The highest BCUT2D eigenvalue weighted by Crippen LogP contribution is 2.35. The molecule has 0 radical (unpaired) electrons. The van der Waals surface area contributed by atoms with Crippen molar-refractivity contribution in [2.75, 3.05) is 4.72 Å². The predicted octanol–water partition coefficient (Wildman–Crippen LogP) is 4.43. The molecule has 2 rings (SSSR count). The van der Waals surface area contributed by atoms with Crippen molar-refractivity contribution >= 4 is 54.8 Å². The summed E-state index contributed by atoms with van der Waals surface area (Å²) >= 11 is 15.2. The fraction of sp³-hybridized carbons (Fsp3) is 0. The second-order valence-corrected chi connectivity index (χ2v) is 7.40. The molecule has 0 heterocycles. The van der Waals surface area contributed by atoms with Crippen LogP contribution in [0, 0.1) is 11.3 Å². The van der Waals surface area contributed by atoms with Crippen LogP contribution in [-0.2, 0) is 10.0 Å². The zero-order valence-corrected chi connectivity index (χ0v) is 14.2. The van der Waals surface area contributed by atoms with Gasteiger partial charge in [-0.2, -0.15) is 5.26 Å². The number of halogens is 3. The van der Waals surface area contributed by atoms with E-state index in [2.05, 4.69) is 20.7 Å². The third-order valence-corrected chi connectivity index (χ3v) is 4.96. The van der Waals surface area contributed by atoms with Crippen molar-refractivity contribution in [3.05, 3.63) is 56.5 Å². The number of hydrogen-bond acceptors (Lipinski definition) is 3. The zero-order valence-electron chi connectivity index (χ0n) is 10.3. The third kappa shape index (κ3) is 3.69. The maximum atomic E-state index is 12.3. The van der Waals surface area contributed by atoms with Gasteiger partial charge in [0.05, 0.1) is 32.3 Å². The van der Waals surface area contributed by atoms with Crippen LogP contribution in [-0.4, -0.2) is 8.42 Å². The average Bonchev–Trinajstić information content (AvgIpc) is 2.43. The molecule has 0 amide bonds. The molecular formula is C13H7BrCl2N2O2S. The van der Waals surface area contributed by atoms with Crippen molar-refractivity contribution in [1.29, 1.82) is 5.26 Å². The minimum absolute atomic E-state index is 0.0107. The Morgan fingerprint density at radius 3 is 2.10 bits per heavy atom. The molecule has 1 N–H and O–H groups in total. The highest BCUT2D eigenvalue weighted by atomic mass is 79.9. The van der Waals surface area contributed by atoms with Crippen LogP contribution in [0.1, 0.15) is 5.56 Å². The normalized spacial score (nSPS) is 11.0. The molecule has 108 valence electrons. The molecule has 0 aromatic heterocycles. The maximum Gasteiger partial charge on any atom is 0.261 e. The van der Waals surface area contributed by atoms with Crippen LogP contribution in [0.5, 0.6) is 0 Å². The standard InChI is InChI=1S/C13H7BrCl2N2O2S/c14-9-5-11(15)13(12(16)6-9)18-21(19,20)10-3-1-8(7-17)2-4-10/h1-6,18H. The lowest BCUT2D eigenvalue weighted by Crippen LogP contribution is -2.13. The monoisotopic (exact) mass is 404 g/mol. The molecule has 4 nitrogen and oxygen atoms in total. The van der Waals surface area contributed by atoms with Gasteiger partial charge in [0.1, 0.15) is 0 Å². The van der Waals surface area contributed by atoms with Crippen molar-refractivity contribution in [2.45, 2.75) is 4.90 Å². The molecular weight excluding hydrogens is 399 g/mol. The van der Waals surface area contributed by atoms with Crippen molar-refractivity contribution in [3.63, 3.8) is 0 Å². The minimum atomic E-state index is -3.84. The molecule has 0 fully saturated rings. The minimum Gasteiger partial charge on any atom is -0.277 e. The largest absolute Gasteiger partial charge is 0.277 e. The Morgan fingerprint density at radius 1 is 1.10 bits per heavy atom.